The fourth-order valence-electron chi connectivity index (χ4n) is 5.86. The Balaban J connectivity index is 1.83. The summed E-state index contributed by atoms with van der Waals surface area (Å²) in [6.07, 6.45) is 2.94. The zero-order valence-electron chi connectivity index (χ0n) is 19.2. The minimum absolute atomic E-state index is 0.0244. The predicted octanol–water partition coefficient (Wildman–Crippen LogP) is 6.00. The van der Waals surface area contributed by atoms with Crippen molar-refractivity contribution in [1.29, 1.82) is 0 Å². The number of unbranched alkanes of at least 4 members (excludes halogenated alkanes) is 1. The number of aryl methyl sites for hydroxylation is 1. The lowest BCUT2D eigenvalue weighted by Crippen LogP contribution is -2.20. The lowest BCUT2D eigenvalue weighted by Gasteiger charge is -2.16. The van der Waals surface area contributed by atoms with E-state index < -0.39 is 0 Å². The highest BCUT2D eigenvalue weighted by molar-refractivity contribution is 6.30. The third kappa shape index (κ3) is 2.92. The molecule has 0 aliphatic carbocycles. The molecule has 0 saturated carbocycles. The molecule has 168 valence electrons. The summed E-state index contributed by atoms with van der Waals surface area (Å²) in [5.41, 5.74) is 12.4. The molecule has 6 rings (SSSR count). The molecule has 1 aliphatic rings. The molecular weight excluding hydrogens is 408 g/mol. The number of hydrogen-bond acceptors (Lipinski definition) is 2. The van der Waals surface area contributed by atoms with Crippen LogP contribution in [-0.4, -0.2) is 22.0 Å². The molecule has 5 nitrogen and oxygen atoms in total. The molecule has 3 aromatic carbocycles. The molecular formula is C28H30N4O. The van der Waals surface area contributed by atoms with Gasteiger partial charge >= 0.3 is 0 Å². The zero-order valence-corrected chi connectivity index (χ0v) is 19.2. The second-order valence-electron chi connectivity index (χ2n) is 9.75. The number of rotatable bonds is 6. The largest absolute Gasteiger partial charge is 0.353 e. The summed E-state index contributed by atoms with van der Waals surface area (Å²) in [4.78, 5) is 17.2. The molecule has 2 aromatic heterocycles. The normalized spacial score (nSPS) is 16.0. The van der Waals surface area contributed by atoms with Gasteiger partial charge in [-0.05, 0) is 49.4 Å². The number of amides is 1. The summed E-state index contributed by atoms with van der Waals surface area (Å²) in [6, 6.07) is 17.0. The molecule has 33 heavy (non-hydrogen) atoms. The second-order valence-corrected chi connectivity index (χ2v) is 9.75. The van der Waals surface area contributed by atoms with E-state index in [0.29, 0.717) is 12.5 Å². The Hall–Kier alpha value is -3.31. The Kier molecular flexibility index (Phi) is 4.70. The van der Waals surface area contributed by atoms with Crippen molar-refractivity contribution in [2.45, 2.75) is 45.7 Å². The van der Waals surface area contributed by atoms with Crippen LogP contribution in [0.1, 0.15) is 55.1 Å². The summed E-state index contributed by atoms with van der Waals surface area (Å²) in [6.45, 7) is 6.05. The van der Waals surface area contributed by atoms with Gasteiger partial charge in [0.15, 0.2) is 0 Å². The molecule has 3 heterocycles. The number of carbonyl (C=O) groups is 1. The highest BCUT2D eigenvalue weighted by Crippen LogP contribution is 2.47. The number of nitrogens with zero attached hydrogens (tertiary/aromatic N) is 1. The lowest BCUT2D eigenvalue weighted by molar-refractivity contribution is 0.0954. The van der Waals surface area contributed by atoms with Crippen LogP contribution in [0, 0.1) is 5.92 Å². The first-order valence-corrected chi connectivity index (χ1v) is 12.1. The van der Waals surface area contributed by atoms with Gasteiger partial charge in [0.2, 0.25) is 0 Å². The van der Waals surface area contributed by atoms with Gasteiger partial charge in [-0.2, -0.15) is 0 Å². The first kappa shape index (κ1) is 20.3. The van der Waals surface area contributed by atoms with E-state index in [0.717, 1.165) is 53.2 Å². The topological polar surface area (TPSA) is 75.8 Å². The van der Waals surface area contributed by atoms with Crippen LogP contribution in [0.25, 0.3) is 43.6 Å². The predicted molar refractivity (Wildman–Crippen MR) is 137 cm³/mol. The third-order valence-corrected chi connectivity index (χ3v) is 7.13. The van der Waals surface area contributed by atoms with E-state index in [1.165, 1.54) is 27.4 Å². The van der Waals surface area contributed by atoms with E-state index >= 15 is 0 Å². The van der Waals surface area contributed by atoms with Gasteiger partial charge in [0, 0.05) is 39.1 Å². The quantitative estimate of drug-likeness (QED) is 0.284. The maximum atomic E-state index is 13.5. The zero-order chi connectivity index (χ0) is 22.7. The number of aromatic nitrogens is 2. The van der Waals surface area contributed by atoms with Gasteiger partial charge in [0.25, 0.3) is 5.91 Å². The molecule has 5 heteroatoms. The van der Waals surface area contributed by atoms with Gasteiger partial charge in [-0.1, -0.05) is 50.2 Å². The monoisotopic (exact) mass is 438 g/mol. The Morgan fingerprint density at radius 3 is 2.55 bits per heavy atom. The molecule has 0 unspecified atom stereocenters. The Morgan fingerprint density at radius 1 is 1.00 bits per heavy atom. The van der Waals surface area contributed by atoms with E-state index in [9.17, 15) is 4.79 Å². The first-order chi connectivity index (χ1) is 16.1. The van der Waals surface area contributed by atoms with Crippen LogP contribution in [0.5, 0.6) is 0 Å². The Bertz CT molecular complexity index is 1540. The van der Waals surface area contributed by atoms with E-state index in [1.54, 1.807) is 0 Å². The maximum Gasteiger partial charge on any atom is 0.252 e. The molecule has 4 N–H and O–H groups in total. The van der Waals surface area contributed by atoms with Crippen molar-refractivity contribution in [3.63, 3.8) is 0 Å². The van der Waals surface area contributed by atoms with Crippen LogP contribution in [0.4, 0.5) is 0 Å². The fraction of sp³-hybridized carbons (Fsp3) is 0.321. The van der Waals surface area contributed by atoms with Gasteiger partial charge in [0.05, 0.1) is 22.6 Å². The van der Waals surface area contributed by atoms with Gasteiger partial charge in [-0.15, -0.1) is 0 Å². The van der Waals surface area contributed by atoms with Crippen molar-refractivity contribution < 1.29 is 4.79 Å². The van der Waals surface area contributed by atoms with Gasteiger partial charge < -0.3 is 20.6 Å². The minimum atomic E-state index is 0.0244. The highest BCUT2D eigenvalue weighted by atomic mass is 16.2. The number of H-pyrrole nitrogens is 1. The summed E-state index contributed by atoms with van der Waals surface area (Å²) >= 11 is 0. The van der Waals surface area contributed by atoms with E-state index in [2.05, 4.69) is 71.2 Å². The SMILES string of the molecule is CC(C)C[C@@H]1NC(=O)c2c1c1c3ccccc3n(CCCCN)c1c1[nH]c3ccccc3c21. The fourth-order valence-corrected chi connectivity index (χ4v) is 5.86. The number of carbonyl (C=O) groups excluding carboxylic acids is 1. The molecule has 0 spiro atoms. The standard InChI is InChI=1S/C28H30N4O/c1-16(2)15-20-24-23-18-10-4-6-12-21(18)32(14-8-7-13-29)27(23)26-22(25(24)28(33)31-20)17-9-3-5-11-19(17)30-26/h3-6,9-12,16,20,30H,7-8,13-15,29H2,1-2H3,(H,31,33)/t20-/m0/s1. The number of fused-ring (bicyclic) bond motifs is 10. The smallest absolute Gasteiger partial charge is 0.252 e. The van der Waals surface area contributed by atoms with Crippen LogP contribution in [0.15, 0.2) is 48.5 Å². The molecule has 1 amide bonds. The van der Waals surface area contributed by atoms with E-state index in [4.69, 9.17) is 5.73 Å². The van der Waals surface area contributed by atoms with Crippen LogP contribution in [0.2, 0.25) is 0 Å². The number of benzene rings is 3. The molecule has 0 bridgehead atoms. The number of nitrogens with two attached hydrogens (primary N) is 1. The van der Waals surface area contributed by atoms with Crippen molar-refractivity contribution >= 4 is 49.5 Å². The van der Waals surface area contributed by atoms with Gasteiger partial charge in [-0.25, -0.2) is 0 Å². The van der Waals surface area contributed by atoms with Crippen molar-refractivity contribution in [2.24, 2.45) is 11.7 Å². The Labute approximate surface area is 192 Å². The summed E-state index contributed by atoms with van der Waals surface area (Å²) in [7, 11) is 0. The summed E-state index contributed by atoms with van der Waals surface area (Å²) < 4.78 is 2.45. The minimum Gasteiger partial charge on any atom is -0.353 e. The van der Waals surface area contributed by atoms with Crippen molar-refractivity contribution in [3.05, 3.63) is 59.7 Å². The Morgan fingerprint density at radius 2 is 1.76 bits per heavy atom. The van der Waals surface area contributed by atoms with Crippen molar-refractivity contribution in [3.8, 4) is 0 Å². The lowest BCUT2D eigenvalue weighted by atomic mass is 9.90. The average molecular weight is 439 g/mol. The molecule has 0 saturated heterocycles. The van der Waals surface area contributed by atoms with Gasteiger partial charge in [-0.3, -0.25) is 4.79 Å². The van der Waals surface area contributed by atoms with Crippen LogP contribution in [-0.2, 0) is 6.54 Å². The first-order valence-electron chi connectivity index (χ1n) is 12.1. The van der Waals surface area contributed by atoms with Crippen molar-refractivity contribution in [1.82, 2.24) is 14.9 Å². The second kappa shape index (κ2) is 7.63. The molecule has 5 aromatic rings. The number of aromatic amines is 1. The molecule has 0 fully saturated rings. The van der Waals surface area contributed by atoms with E-state index in [1.807, 2.05) is 6.07 Å². The van der Waals surface area contributed by atoms with Crippen LogP contribution < -0.4 is 11.1 Å². The maximum absolute atomic E-state index is 13.5. The average Bonchev–Trinajstić information content (AvgIpc) is 3.44. The molecule has 0 radical (unpaired) electrons. The van der Waals surface area contributed by atoms with Crippen molar-refractivity contribution in [2.75, 3.05) is 6.54 Å². The number of nitrogens with one attached hydrogen (secondary N) is 2. The summed E-state index contributed by atoms with van der Waals surface area (Å²) in [5, 5.41) is 7.95. The van der Waals surface area contributed by atoms with Crippen LogP contribution >= 0.6 is 0 Å². The molecule has 1 atom stereocenters. The third-order valence-electron chi connectivity index (χ3n) is 7.13. The van der Waals surface area contributed by atoms with Crippen LogP contribution in [0.3, 0.4) is 0 Å². The number of para-hydroxylation sites is 2. The summed E-state index contributed by atoms with van der Waals surface area (Å²) in [5.74, 6) is 0.528. The molecule has 1 aliphatic heterocycles. The number of hydrogen-bond donors (Lipinski definition) is 3. The highest BCUT2D eigenvalue weighted by Gasteiger charge is 2.36. The van der Waals surface area contributed by atoms with E-state index in [-0.39, 0.29) is 11.9 Å². The van der Waals surface area contributed by atoms with Gasteiger partial charge in [0.1, 0.15) is 0 Å².